The van der Waals surface area contributed by atoms with Gasteiger partial charge in [-0.3, -0.25) is 0 Å². The number of carbonyl (C=O) groups is 1. The second kappa shape index (κ2) is 7.97. The van der Waals surface area contributed by atoms with Crippen molar-refractivity contribution >= 4 is 11.5 Å². The largest absolute Gasteiger partial charge is 0.497 e. The SMILES string of the molecule is COc1ccc(C(=C(F)C=CC(=O)O)c2ccc(OC)cc2)cc1. The van der Waals surface area contributed by atoms with E-state index in [0.717, 1.165) is 12.2 Å². The van der Waals surface area contributed by atoms with E-state index >= 15 is 0 Å². The van der Waals surface area contributed by atoms with Crippen LogP contribution in [-0.2, 0) is 4.79 Å². The minimum absolute atomic E-state index is 0.290. The van der Waals surface area contributed by atoms with Gasteiger partial charge < -0.3 is 14.6 Å². The molecular weight excluding hydrogens is 311 g/mol. The molecule has 5 heteroatoms. The summed E-state index contributed by atoms with van der Waals surface area (Å²) in [5, 5.41) is 8.71. The molecule has 0 radical (unpaired) electrons. The first-order valence-corrected chi connectivity index (χ1v) is 7.14. The summed E-state index contributed by atoms with van der Waals surface area (Å²) in [6, 6.07) is 13.7. The second-order valence-corrected chi connectivity index (χ2v) is 4.85. The lowest BCUT2D eigenvalue weighted by Gasteiger charge is -2.11. The van der Waals surface area contributed by atoms with Gasteiger partial charge in [-0.1, -0.05) is 24.3 Å². The van der Waals surface area contributed by atoms with Gasteiger partial charge in [0.15, 0.2) is 0 Å². The number of hydrogen-bond donors (Lipinski definition) is 1. The molecule has 2 aromatic rings. The van der Waals surface area contributed by atoms with E-state index in [2.05, 4.69) is 0 Å². The molecule has 4 nitrogen and oxygen atoms in total. The molecule has 2 aromatic carbocycles. The number of methoxy groups -OCH3 is 2. The van der Waals surface area contributed by atoms with Crippen LogP contribution in [0.25, 0.3) is 5.57 Å². The number of ether oxygens (including phenoxy) is 2. The minimum atomic E-state index is -1.21. The lowest BCUT2D eigenvalue weighted by atomic mass is 9.96. The standard InChI is InChI=1S/C19H17FO4/c1-23-15-7-3-13(4-8-15)19(17(20)11-12-18(21)22)14-5-9-16(24-2)10-6-14/h3-12H,1-2H3,(H,21,22). The van der Waals surface area contributed by atoms with Crippen molar-refractivity contribution in [3.05, 3.63) is 77.6 Å². The lowest BCUT2D eigenvalue weighted by Crippen LogP contribution is -1.93. The van der Waals surface area contributed by atoms with Crippen molar-refractivity contribution in [3.63, 3.8) is 0 Å². The van der Waals surface area contributed by atoms with Crippen molar-refractivity contribution in [1.82, 2.24) is 0 Å². The number of halogens is 1. The second-order valence-electron chi connectivity index (χ2n) is 4.85. The smallest absolute Gasteiger partial charge is 0.328 e. The topological polar surface area (TPSA) is 55.8 Å². The quantitative estimate of drug-likeness (QED) is 0.641. The van der Waals surface area contributed by atoms with E-state index in [1.54, 1.807) is 62.8 Å². The van der Waals surface area contributed by atoms with Gasteiger partial charge in [0.25, 0.3) is 0 Å². The highest BCUT2D eigenvalue weighted by molar-refractivity contribution is 5.85. The molecule has 0 aliphatic rings. The number of aliphatic carboxylic acids is 1. The number of hydrogen-bond acceptors (Lipinski definition) is 3. The number of carboxylic acid groups (broad SMARTS) is 1. The van der Waals surface area contributed by atoms with Gasteiger partial charge in [0.2, 0.25) is 0 Å². The maximum atomic E-state index is 14.6. The molecular formula is C19H17FO4. The van der Waals surface area contributed by atoms with Crippen LogP contribution in [0.4, 0.5) is 4.39 Å². The average molecular weight is 328 g/mol. The predicted molar refractivity (Wildman–Crippen MR) is 89.9 cm³/mol. The molecule has 0 spiro atoms. The van der Waals surface area contributed by atoms with Gasteiger partial charge >= 0.3 is 5.97 Å². The Kier molecular flexibility index (Phi) is 5.73. The third-order valence-corrected chi connectivity index (χ3v) is 3.37. The predicted octanol–water partition coefficient (Wildman–Crippen LogP) is 4.07. The fourth-order valence-electron chi connectivity index (χ4n) is 2.19. The molecule has 0 heterocycles. The van der Waals surface area contributed by atoms with Crippen molar-refractivity contribution < 1.29 is 23.8 Å². The zero-order valence-electron chi connectivity index (χ0n) is 13.3. The summed E-state index contributed by atoms with van der Waals surface area (Å²) in [5.41, 5.74) is 1.50. The first-order chi connectivity index (χ1) is 11.5. The summed E-state index contributed by atoms with van der Waals surface area (Å²) in [6.45, 7) is 0. The van der Waals surface area contributed by atoms with Crippen LogP contribution in [0.3, 0.4) is 0 Å². The van der Waals surface area contributed by atoms with Crippen LogP contribution in [-0.4, -0.2) is 25.3 Å². The van der Waals surface area contributed by atoms with Crippen LogP contribution >= 0.6 is 0 Å². The summed E-state index contributed by atoms with van der Waals surface area (Å²) >= 11 is 0. The van der Waals surface area contributed by atoms with Crippen molar-refractivity contribution in [2.45, 2.75) is 0 Å². The monoisotopic (exact) mass is 328 g/mol. The number of rotatable bonds is 6. The van der Waals surface area contributed by atoms with Gasteiger partial charge in [0.1, 0.15) is 17.3 Å². The van der Waals surface area contributed by atoms with Crippen molar-refractivity contribution in [1.29, 1.82) is 0 Å². The molecule has 0 aliphatic carbocycles. The minimum Gasteiger partial charge on any atom is -0.497 e. The summed E-state index contributed by atoms with van der Waals surface area (Å²) in [4.78, 5) is 10.7. The van der Waals surface area contributed by atoms with E-state index in [0.29, 0.717) is 22.6 Å². The molecule has 24 heavy (non-hydrogen) atoms. The average Bonchev–Trinajstić information content (AvgIpc) is 2.61. The molecule has 0 bridgehead atoms. The molecule has 2 rings (SSSR count). The van der Waals surface area contributed by atoms with E-state index in [1.165, 1.54) is 0 Å². The molecule has 124 valence electrons. The van der Waals surface area contributed by atoms with E-state index < -0.39 is 11.8 Å². The Bertz CT molecular complexity index is 709. The third kappa shape index (κ3) is 4.23. The van der Waals surface area contributed by atoms with E-state index in [-0.39, 0.29) is 5.57 Å². The van der Waals surface area contributed by atoms with Crippen LogP contribution in [0, 0.1) is 0 Å². The normalized spacial score (nSPS) is 10.5. The van der Waals surface area contributed by atoms with Gasteiger partial charge in [-0.2, -0.15) is 0 Å². The maximum absolute atomic E-state index is 14.6. The van der Waals surface area contributed by atoms with Crippen LogP contribution in [0.2, 0.25) is 0 Å². The highest BCUT2D eigenvalue weighted by Crippen LogP contribution is 2.30. The van der Waals surface area contributed by atoms with Gasteiger partial charge in [0.05, 0.1) is 14.2 Å². The van der Waals surface area contributed by atoms with E-state index in [9.17, 15) is 9.18 Å². The molecule has 0 saturated heterocycles. The molecule has 0 saturated carbocycles. The molecule has 0 aliphatic heterocycles. The highest BCUT2D eigenvalue weighted by Gasteiger charge is 2.11. The number of benzene rings is 2. The van der Waals surface area contributed by atoms with Gasteiger partial charge in [-0.25, -0.2) is 9.18 Å². The fraction of sp³-hybridized carbons (Fsp3) is 0.105. The highest BCUT2D eigenvalue weighted by atomic mass is 19.1. The Morgan fingerprint density at radius 3 is 1.62 bits per heavy atom. The third-order valence-electron chi connectivity index (χ3n) is 3.37. The summed E-state index contributed by atoms with van der Waals surface area (Å²) < 4.78 is 24.8. The molecule has 1 N–H and O–H groups in total. The fourth-order valence-corrected chi connectivity index (χ4v) is 2.19. The van der Waals surface area contributed by atoms with Crippen molar-refractivity contribution in [2.75, 3.05) is 14.2 Å². The van der Waals surface area contributed by atoms with Crippen LogP contribution in [0.15, 0.2) is 66.5 Å². The number of allylic oxidation sites excluding steroid dienone is 2. The maximum Gasteiger partial charge on any atom is 0.328 e. The zero-order valence-corrected chi connectivity index (χ0v) is 13.3. The Morgan fingerprint density at radius 1 is 0.875 bits per heavy atom. The van der Waals surface area contributed by atoms with Gasteiger partial charge in [-0.15, -0.1) is 0 Å². The molecule has 0 unspecified atom stereocenters. The van der Waals surface area contributed by atoms with Crippen LogP contribution in [0.1, 0.15) is 11.1 Å². The van der Waals surface area contributed by atoms with Gasteiger partial charge in [0, 0.05) is 11.6 Å². The van der Waals surface area contributed by atoms with Gasteiger partial charge in [-0.05, 0) is 41.5 Å². The molecule has 0 amide bonds. The first kappa shape index (κ1) is 17.3. The van der Waals surface area contributed by atoms with E-state index in [1.807, 2.05) is 0 Å². The number of carboxylic acids is 1. The summed E-state index contributed by atoms with van der Waals surface area (Å²) in [6.07, 6.45) is 1.70. The molecule has 0 fully saturated rings. The summed E-state index contributed by atoms with van der Waals surface area (Å²) in [7, 11) is 3.09. The summed E-state index contributed by atoms with van der Waals surface area (Å²) in [5.74, 6) is -0.565. The Labute approximate surface area is 139 Å². The van der Waals surface area contributed by atoms with Crippen LogP contribution < -0.4 is 9.47 Å². The molecule has 0 atom stereocenters. The first-order valence-electron chi connectivity index (χ1n) is 7.14. The Hall–Kier alpha value is -3.08. The Balaban J connectivity index is 2.54. The van der Waals surface area contributed by atoms with Crippen molar-refractivity contribution in [2.24, 2.45) is 0 Å². The van der Waals surface area contributed by atoms with Crippen molar-refractivity contribution in [3.8, 4) is 11.5 Å². The van der Waals surface area contributed by atoms with Crippen LogP contribution in [0.5, 0.6) is 11.5 Å². The zero-order chi connectivity index (χ0) is 17.5. The Morgan fingerprint density at radius 2 is 1.29 bits per heavy atom. The van der Waals surface area contributed by atoms with E-state index in [4.69, 9.17) is 14.6 Å². The molecule has 0 aromatic heterocycles. The lowest BCUT2D eigenvalue weighted by molar-refractivity contribution is -0.131.